The van der Waals surface area contributed by atoms with Gasteiger partial charge in [0.1, 0.15) is 0 Å². The summed E-state index contributed by atoms with van der Waals surface area (Å²) in [5, 5.41) is 7.54. The Labute approximate surface area is 95.4 Å². The molecule has 4 nitrogen and oxygen atoms in total. The number of aryl methyl sites for hydroxylation is 1. The molecule has 5 heteroatoms. The van der Waals surface area contributed by atoms with Crippen LogP contribution in [0.1, 0.15) is 19.5 Å². The van der Waals surface area contributed by atoms with Crippen LogP contribution in [0, 0.1) is 0 Å². The summed E-state index contributed by atoms with van der Waals surface area (Å²) in [5.41, 5.74) is 3.81. The smallest absolute Gasteiger partial charge is 0.186 e. The van der Waals surface area contributed by atoms with Crippen LogP contribution < -0.4 is 10.7 Å². The van der Waals surface area contributed by atoms with Gasteiger partial charge in [0.2, 0.25) is 0 Å². The number of nitrogens with one attached hydrogen (secondary N) is 2. The van der Waals surface area contributed by atoms with Gasteiger partial charge in [-0.05, 0) is 38.2 Å². The van der Waals surface area contributed by atoms with Gasteiger partial charge in [0.05, 0.1) is 11.9 Å². The van der Waals surface area contributed by atoms with Gasteiger partial charge in [0.15, 0.2) is 5.11 Å². The minimum absolute atomic E-state index is 0.545. The van der Waals surface area contributed by atoms with Crippen molar-refractivity contribution in [3.05, 3.63) is 24.0 Å². The highest BCUT2D eigenvalue weighted by atomic mass is 32.1. The zero-order valence-corrected chi connectivity index (χ0v) is 9.84. The van der Waals surface area contributed by atoms with Gasteiger partial charge in [-0.3, -0.25) is 5.43 Å². The van der Waals surface area contributed by atoms with Crippen LogP contribution in [0.25, 0.3) is 0 Å². The average Bonchev–Trinajstić information content (AvgIpc) is 2.66. The van der Waals surface area contributed by atoms with E-state index in [-0.39, 0.29) is 0 Å². The Hall–Kier alpha value is -1.36. The topological polar surface area (TPSA) is 41.4 Å². The van der Waals surface area contributed by atoms with Crippen molar-refractivity contribution in [2.45, 2.75) is 20.4 Å². The Balaban J connectivity index is 2.47. The highest BCUT2D eigenvalue weighted by Crippen LogP contribution is 1.97. The molecule has 0 saturated carbocycles. The minimum atomic E-state index is 0.545. The fraction of sp³-hybridized carbons (Fsp3) is 0.400. The summed E-state index contributed by atoms with van der Waals surface area (Å²) in [4.78, 5) is 0. The molecule has 0 saturated heterocycles. The number of hydrazone groups is 1. The summed E-state index contributed by atoms with van der Waals surface area (Å²) in [7, 11) is 0. The maximum atomic E-state index is 4.97. The number of nitrogens with zero attached hydrogens (tertiary/aromatic N) is 2. The van der Waals surface area contributed by atoms with E-state index in [1.165, 1.54) is 0 Å². The predicted molar refractivity (Wildman–Crippen MR) is 67.1 cm³/mol. The molecule has 0 unspecified atom stereocenters. The molecule has 15 heavy (non-hydrogen) atoms. The lowest BCUT2D eigenvalue weighted by molar-refractivity contribution is 0.762. The standard InChI is InChI=1S/C10H16N4S/c1-3-11-10(15)13-12-8-9-6-5-7-14(9)4-2/h5-8H,3-4H2,1-2H3,(H2,11,13,15). The Kier molecular flexibility index (Phi) is 4.83. The maximum Gasteiger partial charge on any atom is 0.186 e. The normalized spacial score (nSPS) is 10.5. The second kappa shape index (κ2) is 6.19. The molecule has 0 aliphatic carbocycles. The summed E-state index contributed by atoms with van der Waals surface area (Å²) in [6.07, 6.45) is 3.77. The quantitative estimate of drug-likeness (QED) is 0.460. The van der Waals surface area contributed by atoms with Gasteiger partial charge in [0, 0.05) is 19.3 Å². The molecular formula is C10H16N4S. The van der Waals surface area contributed by atoms with E-state index in [2.05, 4.69) is 27.3 Å². The molecule has 1 heterocycles. The second-order valence-corrected chi connectivity index (χ2v) is 3.36. The predicted octanol–water partition coefficient (Wildman–Crippen LogP) is 1.33. The number of rotatable bonds is 4. The summed E-state index contributed by atoms with van der Waals surface area (Å²) in [6.45, 7) is 5.81. The zero-order valence-electron chi connectivity index (χ0n) is 9.03. The molecule has 0 radical (unpaired) electrons. The maximum absolute atomic E-state index is 4.97. The zero-order chi connectivity index (χ0) is 11.1. The van der Waals surface area contributed by atoms with Gasteiger partial charge in [-0.2, -0.15) is 5.10 Å². The molecule has 2 N–H and O–H groups in total. The highest BCUT2D eigenvalue weighted by molar-refractivity contribution is 7.80. The molecule has 0 aliphatic rings. The molecule has 0 atom stereocenters. The molecular weight excluding hydrogens is 208 g/mol. The molecule has 82 valence electrons. The minimum Gasteiger partial charge on any atom is -0.362 e. The first-order valence-electron chi connectivity index (χ1n) is 5.00. The van der Waals surface area contributed by atoms with Gasteiger partial charge in [-0.25, -0.2) is 0 Å². The lowest BCUT2D eigenvalue weighted by Gasteiger charge is -2.03. The molecule has 0 fully saturated rings. The Morgan fingerprint density at radius 3 is 3.07 bits per heavy atom. The van der Waals surface area contributed by atoms with Crippen molar-refractivity contribution in [3.8, 4) is 0 Å². The summed E-state index contributed by atoms with van der Waals surface area (Å²) < 4.78 is 2.10. The Morgan fingerprint density at radius 1 is 1.60 bits per heavy atom. The van der Waals surface area contributed by atoms with Crippen LogP contribution in [-0.2, 0) is 6.54 Å². The van der Waals surface area contributed by atoms with Crippen LogP contribution in [0.3, 0.4) is 0 Å². The van der Waals surface area contributed by atoms with Gasteiger partial charge < -0.3 is 9.88 Å². The first-order valence-corrected chi connectivity index (χ1v) is 5.40. The van der Waals surface area contributed by atoms with E-state index in [1.807, 2.05) is 25.3 Å². The first kappa shape index (κ1) is 11.7. The van der Waals surface area contributed by atoms with E-state index < -0.39 is 0 Å². The van der Waals surface area contributed by atoms with E-state index in [0.717, 1.165) is 18.8 Å². The van der Waals surface area contributed by atoms with Crippen molar-refractivity contribution in [2.24, 2.45) is 5.10 Å². The highest BCUT2D eigenvalue weighted by Gasteiger charge is 1.94. The van der Waals surface area contributed by atoms with E-state index in [9.17, 15) is 0 Å². The lowest BCUT2D eigenvalue weighted by atomic mass is 10.4. The van der Waals surface area contributed by atoms with Gasteiger partial charge in [0.25, 0.3) is 0 Å². The van der Waals surface area contributed by atoms with Gasteiger partial charge in [-0.1, -0.05) is 0 Å². The van der Waals surface area contributed by atoms with Crippen LogP contribution in [0.4, 0.5) is 0 Å². The van der Waals surface area contributed by atoms with Crippen LogP contribution in [0.2, 0.25) is 0 Å². The van der Waals surface area contributed by atoms with Crippen LogP contribution >= 0.6 is 12.2 Å². The van der Waals surface area contributed by atoms with E-state index in [1.54, 1.807) is 6.21 Å². The summed E-state index contributed by atoms with van der Waals surface area (Å²) in [6, 6.07) is 4.00. The lowest BCUT2D eigenvalue weighted by Crippen LogP contribution is -2.31. The third kappa shape index (κ3) is 3.71. The molecule has 0 amide bonds. The van der Waals surface area contributed by atoms with Gasteiger partial charge >= 0.3 is 0 Å². The molecule has 0 bridgehead atoms. The Bertz CT molecular complexity index is 343. The van der Waals surface area contributed by atoms with Crippen molar-refractivity contribution < 1.29 is 0 Å². The van der Waals surface area contributed by atoms with Gasteiger partial charge in [-0.15, -0.1) is 0 Å². The van der Waals surface area contributed by atoms with Crippen LogP contribution in [0.15, 0.2) is 23.4 Å². The summed E-state index contributed by atoms with van der Waals surface area (Å²) >= 11 is 4.97. The van der Waals surface area contributed by atoms with E-state index in [4.69, 9.17) is 12.2 Å². The van der Waals surface area contributed by atoms with Crippen molar-refractivity contribution in [1.29, 1.82) is 0 Å². The number of hydrogen-bond donors (Lipinski definition) is 2. The molecule has 1 rings (SSSR count). The number of thiocarbonyl (C=S) groups is 1. The van der Waals surface area contributed by atoms with Crippen molar-refractivity contribution in [1.82, 2.24) is 15.3 Å². The van der Waals surface area contributed by atoms with Crippen molar-refractivity contribution >= 4 is 23.5 Å². The molecule has 0 aromatic carbocycles. The fourth-order valence-corrected chi connectivity index (χ4v) is 1.39. The first-order chi connectivity index (χ1) is 7.27. The Morgan fingerprint density at radius 2 is 2.40 bits per heavy atom. The third-order valence-corrected chi connectivity index (χ3v) is 2.14. The third-order valence-electron chi connectivity index (χ3n) is 1.91. The monoisotopic (exact) mass is 224 g/mol. The van der Waals surface area contributed by atoms with Crippen LogP contribution in [-0.4, -0.2) is 22.4 Å². The average molecular weight is 224 g/mol. The molecule has 1 aromatic rings. The molecule has 0 aliphatic heterocycles. The van der Waals surface area contributed by atoms with Crippen LogP contribution in [0.5, 0.6) is 0 Å². The largest absolute Gasteiger partial charge is 0.362 e. The molecule has 0 spiro atoms. The molecule has 1 aromatic heterocycles. The SMILES string of the molecule is CCNC(=S)NN=Cc1cccn1CC. The second-order valence-electron chi connectivity index (χ2n) is 2.95. The number of hydrogen-bond acceptors (Lipinski definition) is 2. The van der Waals surface area contributed by atoms with E-state index >= 15 is 0 Å². The van der Waals surface area contributed by atoms with E-state index in [0.29, 0.717) is 5.11 Å². The fourth-order valence-electron chi connectivity index (χ4n) is 1.19. The summed E-state index contributed by atoms with van der Waals surface area (Å²) in [5.74, 6) is 0. The number of aromatic nitrogens is 1. The van der Waals surface area contributed by atoms with Crippen molar-refractivity contribution in [3.63, 3.8) is 0 Å². The van der Waals surface area contributed by atoms with Crippen molar-refractivity contribution in [2.75, 3.05) is 6.54 Å².